The quantitative estimate of drug-likeness (QED) is 0.816. The summed E-state index contributed by atoms with van der Waals surface area (Å²) < 4.78 is 10.6. The van der Waals surface area contributed by atoms with Crippen LogP contribution in [-0.4, -0.2) is 36.1 Å². The second-order valence-electron chi connectivity index (χ2n) is 5.48. The maximum absolute atomic E-state index is 11.5. The summed E-state index contributed by atoms with van der Waals surface area (Å²) in [6, 6.07) is 9.65. The molecule has 1 aromatic carbocycles. The first-order valence-electron chi connectivity index (χ1n) is 8.64. The van der Waals surface area contributed by atoms with Crippen molar-refractivity contribution in [2.24, 2.45) is 0 Å². The van der Waals surface area contributed by atoms with Crippen molar-refractivity contribution in [1.29, 1.82) is 0 Å². The summed E-state index contributed by atoms with van der Waals surface area (Å²) in [6.07, 6.45) is -0.970. The number of alkyl carbamates (subject to hydrolysis) is 1. The Morgan fingerprint density at radius 1 is 1.12 bits per heavy atom. The molecule has 0 aliphatic carbocycles. The lowest BCUT2D eigenvalue weighted by molar-refractivity contribution is -0.000379. The third-order valence-electron chi connectivity index (χ3n) is 2.41. The summed E-state index contributed by atoms with van der Waals surface area (Å²) in [6.45, 7) is 13.8. The van der Waals surface area contributed by atoms with E-state index < -0.39 is 17.8 Å². The minimum atomic E-state index is -0.538. The zero-order valence-corrected chi connectivity index (χ0v) is 16.3. The molecule has 0 aromatic heterocycles. The number of ether oxygens (including phenoxy) is 2. The zero-order valence-electron chi connectivity index (χ0n) is 16.3. The van der Waals surface area contributed by atoms with Crippen LogP contribution in [0.4, 0.5) is 4.79 Å². The molecule has 2 N–H and O–H groups in total. The van der Waals surface area contributed by atoms with Crippen LogP contribution in [0.3, 0.4) is 0 Å². The largest absolute Gasteiger partial charge is 0.444 e. The van der Waals surface area contributed by atoms with E-state index in [2.05, 4.69) is 5.32 Å². The Morgan fingerprint density at radius 3 is 2.12 bits per heavy atom. The maximum atomic E-state index is 11.5. The number of nitrogens with one attached hydrogen (secondary N) is 1. The smallest absolute Gasteiger partial charge is 0.407 e. The second-order valence-corrected chi connectivity index (χ2v) is 5.48. The number of rotatable bonds is 6. The summed E-state index contributed by atoms with van der Waals surface area (Å²) in [5.74, 6) is 0. The summed E-state index contributed by atoms with van der Waals surface area (Å²) in [5, 5.41) is 11.8. The minimum absolute atomic E-state index is 0.164. The first kappa shape index (κ1) is 24.7. The van der Waals surface area contributed by atoms with E-state index in [4.69, 9.17) is 9.47 Å². The van der Waals surface area contributed by atoms with Gasteiger partial charge in [0, 0.05) is 6.54 Å². The van der Waals surface area contributed by atoms with Crippen LogP contribution in [0, 0.1) is 0 Å². The van der Waals surface area contributed by atoms with Gasteiger partial charge in [-0.3, -0.25) is 0 Å². The zero-order chi connectivity index (χ0) is 19.0. The number of hydrogen-bond donors (Lipinski definition) is 2. The fourth-order valence-electron chi connectivity index (χ4n) is 1.48. The van der Waals surface area contributed by atoms with Crippen LogP contribution in [-0.2, 0) is 16.1 Å². The van der Waals surface area contributed by atoms with Gasteiger partial charge >= 0.3 is 6.09 Å². The lowest BCUT2D eigenvalue weighted by Crippen LogP contribution is -2.39. The van der Waals surface area contributed by atoms with Gasteiger partial charge in [0.2, 0.25) is 0 Å². The van der Waals surface area contributed by atoms with Crippen molar-refractivity contribution in [2.75, 3.05) is 13.2 Å². The Hall–Kier alpha value is -1.59. The topological polar surface area (TPSA) is 67.8 Å². The van der Waals surface area contributed by atoms with Gasteiger partial charge < -0.3 is 19.9 Å². The van der Waals surface area contributed by atoms with Gasteiger partial charge in [-0.15, -0.1) is 0 Å². The molecular formula is C19H35NO4. The molecule has 0 spiro atoms. The van der Waals surface area contributed by atoms with E-state index in [0.29, 0.717) is 6.61 Å². The van der Waals surface area contributed by atoms with Crippen molar-refractivity contribution in [2.45, 2.75) is 66.8 Å². The van der Waals surface area contributed by atoms with Crippen LogP contribution in [0.1, 0.15) is 54.0 Å². The summed E-state index contributed by atoms with van der Waals surface area (Å²) in [5.41, 5.74) is 0.479. The average molecular weight is 341 g/mol. The standard InChI is InChI=1S/C15H23NO4.2C2H6/c1-15(2,3)20-14(18)16-9-13(10-17)19-11-12-7-5-4-6-8-12;2*1-2/h4-8,13,17H,9-11H2,1-3H3,(H,16,18);2*1-2H3. The van der Waals surface area contributed by atoms with E-state index in [0.717, 1.165) is 5.56 Å². The van der Waals surface area contributed by atoms with Crippen LogP contribution in [0.5, 0.6) is 0 Å². The maximum Gasteiger partial charge on any atom is 0.407 e. The first-order chi connectivity index (χ1) is 11.4. The molecule has 1 rings (SSSR count). The van der Waals surface area contributed by atoms with Gasteiger partial charge in [0.1, 0.15) is 5.60 Å². The number of amides is 1. The molecule has 0 fully saturated rings. The molecule has 0 bridgehead atoms. The highest BCUT2D eigenvalue weighted by Crippen LogP contribution is 2.07. The van der Waals surface area contributed by atoms with Crippen molar-refractivity contribution in [3.05, 3.63) is 35.9 Å². The van der Waals surface area contributed by atoms with Crippen LogP contribution in [0.2, 0.25) is 0 Å². The van der Waals surface area contributed by atoms with Crippen molar-refractivity contribution < 1.29 is 19.4 Å². The number of aliphatic hydroxyl groups is 1. The molecule has 140 valence electrons. The Kier molecular flexibility index (Phi) is 15.4. The molecule has 0 aliphatic heterocycles. The molecule has 1 unspecified atom stereocenters. The highest BCUT2D eigenvalue weighted by atomic mass is 16.6. The van der Waals surface area contributed by atoms with E-state index in [-0.39, 0.29) is 13.2 Å². The van der Waals surface area contributed by atoms with E-state index in [1.165, 1.54) is 0 Å². The fourth-order valence-corrected chi connectivity index (χ4v) is 1.48. The number of benzene rings is 1. The minimum Gasteiger partial charge on any atom is -0.444 e. The SMILES string of the molecule is CC.CC.CC(C)(C)OC(=O)NCC(CO)OCc1ccccc1. The van der Waals surface area contributed by atoms with E-state index >= 15 is 0 Å². The van der Waals surface area contributed by atoms with Crippen LogP contribution in [0.25, 0.3) is 0 Å². The number of hydrogen-bond acceptors (Lipinski definition) is 4. The molecule has 1 amide bonds. The van der Waals surface area contributed by atoms with E-state index in [1.54, 1.807) is 20.8 Å². The molecule has 5 heteroatoms. The van der Waals surface area contributed by atoms with Gasteiger partial charge in [0.25, 0.3) is 0 Å². The van der Waals surface area contributed by atoms with Crippen molar-refractivity contribution in [3.8, 4) is 0 Å². The molecule has 24 heavy (non-hydrogen) atoms. The molecule has 0 radical (unpaired) electrons. The fraction of sp³-hybridized carbons (Fsp3) is 0.632. The summed E-state index contributed by atoms with van der Waals surface area (Å²) >= 11 is 0. The molecular weight excluding hydrogens is 306 g/mol. The molecule has 1 atom stereocenters. The van der Waals surface area contributed by atoms with Gasteiger partial charge in [-0.2, -0.15) is 0 Å². The van der Waals surface area contributed by atoms with Crippen LogP contribution < -0.4 is 5.32 Å². The summed E-state index contributed by atoms with van der Waals surface area (Å²) in [7, 11) is 0. The lowest BCUT2D eigenvalue weighted by Gasteiger charge is -2.21. The van der Waals surface area contributed by atoms with Gasteiger partial charge in [-0.1, -0.05) is 58.0 Å². The summed E-state index contributed by atoms with van der Waals surface area (Å²) in [4.78, 5) is 11.5. The lowest BCUT2D eigenvalue weighted by atomic mass is 10.2. The average Bonchev–Trinajstić information content (AvgIpc) is 2.58. The normalized spacial score (nSPS) is 11.2. The van der Waals surface area contributed by atoms with Gasteiger partial charge in [-0.25, -0.2) is 4.79 Å². The van der Waals surface area contributed by atoms with Crippen LogP contribution in [0.15, 0.2) is 30.3 Å². The van der Waals surface area contributed by atoms with Gasteiger partial charge in [-0.05, 0) is 26.3 Å². The number of carbonyl (C=O) groups excluding carboxylic acids is 1. The van der Waals surface area contributed by atoms with Gasteiger partial charge in [0.15, 0.2) is 0 Å². The van der Waals surface area contributed by atoms with Crippen molar-refractivity contribution in [3.63, 3.8) is 0 Å². The first-order valence-corrected chi connectivity index (χ1v) is 8.64. The van der Waals surface area contributed by atoms with Gasteiger partial charge in [0.05, 0.1) is 19.3 Å². The predicted molar refractivity (Wildman–Crippen MR) is 99.0 cm³/mol. The molecule has 0 saturated heterocycles. The molecule has 0 heterocycles. The predicted octanol–water partition coefficient (Wildman–Crippen LogP) is 4.14. The number of carbonyl (C=O) groups is 1. The molecule has 5 nitrogen and oxygen atoms in total. The Morgan fingerprint density at radius 2 is 1.67 bits per heavy atom. The second kappa shape index (κ2) is 15.0. The Bertz CT molecular complexity index is 402. The Balaban J connectivity index is 0. The monoisotopic (exact) mass is 341 g/mol. The third kappa shape index (κ3) is 14.0. The molecule has 0 saturated carbocycles. The molecule has 1 aromatic rings. The highest BCUT2D eigenvalue weighted by molar-refractivity contribution is 5.67. The third-order valence-corrected chi connectivity index (χ3v) is 2.41. The van der Waals surface area contributed by atoms with E-state index in [1.807, 2.05) is 58.0 Å². The highest BCUT2D eigenvalue weighted by Gasteiger charge is 2.17. The van der Waals surface area contributed by atoms with Crippen molar-refractivity contribution >= 4 is 6.09 Å². The Labute approximate surface area is 147 Å². The van der Waals surface area contributed by atoms with E-state index in [9.17, 15) is 9.90 Å². The van der Waals surface area contributed by atoms with Crippen molar-refractivity contribution in [1.82, 2.24) is 5.32 Å². The molecule has 0 aliphatic rings. The number of aliphatic hydroxyl groups excluding tert-OH is 1. The van der Waals surface area contributed by atoms with Crippen LogP contribution >= 0.6 is 0 Å².